The maximum absolute atomic E-state index is 14.1. The summed E-state index contributed by atoms with van der Waals surface area (Å²) in [4.78, 5) is 16.0. The fraction of sp³-hybridized carbons (Fsp3) is 0.565. The average Bonchev–Trinajstić information content (AvgIpc) is 3.50. The Hall–Kier alpha value is -2.25. The summed E-state index contributed by atoms with van der Waals surface area (Å²) in [6.45, 7) is 7.60. The molecule has 0 amide bonds. The largest absolute Gasteiger partial charge is 0.389 e. The lowest BCUT2D eigenvalue weighted by Gasteiger charge is -2.16. The highest BCUT2D eigenvalue weighted by atomic mass is 19.4. The third-order valence-corrected chi connectivity index (χ3v) is 5.22. The molecule has 3 rings (SSSR count). The molecule has 1 fully saturated rings. The molecule has 1 aromatic carbocycles. The molecule has 0 N–H and O–H groups in total. The smallest absolute Gasteiger partial charge is 0.322 e. The van der Waals surface area contributed by atoms with Crippen molar-refractivity contribution in [1.82, 2.24) is 9.55 Å². The average molecular weight is 444 g/mol. The third kappa shape index (κ3) is 6.37. The normalized spacial score (nSPS) is 14.2. The van der Waals surface area contributed by atoms with Crippen LogP contribution in [-0.2, 0) is 12.5 Å². The van der Waals surface area contributed by atoms with Gasteiger partial charge in [-0.15, -0.1) is 0 Å². The molecule has 1 aromatic heterocycles. The number of nitrogens with zero attached hydrogens (tertiary/aromatic N) is 2. The summed E-state index contributed by atoms with van der Waals surface area (Å²) in [6.07, 6.45) is -2.53. The van der Waals surface area contributed by atoms with Crippen LogP contribution in [0, 0.1) is 12.8 Å². The Bertz CT molecular complexity index is 881. The summed E-state index contributed by atoms with van der Waals surface area (Å²) in [6, 6.07) is 6.39. The fourth-order valence-electron chi connectivity index (χ4n) is 3.42. The number of alkyl halides is 5. The Labute approximate surface area is 179 Å². The predicted molar refractivity (Wildman–Crippen MR) is 110 cm³/mol. The molecule has 0 saturated heterocycles. The molecule has 0 spiro atoms. The maximum Gasteiger partial charge on any atom is 0.389 e. The molecule has 1 heterocycles. The second-order valence-electron chi connectivity index (χ2n) is 7.86. The number of carbonyl (C=O) groups is 1. The second-order valence-corrected chi connectivity index (χ2v) is 7.86. The molecule has 1 saturated carbocycles. The van der Waals surface area contributed by atoms with E-state index in [1.165, 1.54) is 19.1 Å². The van der Waals surface area contributed by atoms with E-state index in [-0.39, 0.29) is 17.8 Å². The molecule has 8 heteroatoms. The van der Waals surface area contributed by atoms with E-state index in [9.17, 15) is 26.7 Å². The van der Waals surface area contributed by atoms with Crippen molar-refractivity contribution in [2.45, 2.75) is 78.4 Å². The minimum Gasteiger partial charge on any atom is -0.322 e. The predicted octanol–water partition coefficient (Wildman–Crippen LogP) is 7.32. The summed E-state index contributed by atoms with van der Waals surface area (Å²) >= 11 is 0. The molecular weight excluding hydrogens is 415 g/mol. The number of aryl methyl sites for hydroxylation is 1. The van der Waals surface area contributed by atoms with Gasteiger partial charge in [-0.2, -0.15) is 13.2 Å². The second kappa shape index (κ2) is 9.92. The van der Waals surface area contributed by atoms with Gasteiger partial charge in [-0.05, 0) is 33.1 Å². The van der Waals surface area contributed by atoms with Crippen LogP contribution in [0.5, 0.6) is 0 Å². The lowest BCUT2D eigenvalue weighted by Crippen LogP contribution is -2.15. The molecule has 172 valence electrons. The Morgan fingerprint density at radius 2 is 1.68 bits per heavy atom. The molecule has 3 nitrogen and oxygen atoms in total. The van der Waals surface area contributed by atoms with Gasteiger partial charge in [-0.25, -0.2) is 13.8 Å². The minimum atomic E-state index is -3.95. The number of halogens is 5. The first kappa shape index (κ1) is 25.0. The molecule has 1 aliphatic rings. The number of imidazole rings is 1. The van der Waals surface area contributed by atoms with E-state index in [1.54, 1.807) is 19.1 Å². The summed E-state index contributed by atoms with van der Waals surface area (Å²) in [5.74, 6) is -2.95. The van der Waals surface area contributed by atoms with E-state index in [2.05, 4.69) is 4.98 Å². The van der Waals surface area contributed by atoms with Crippen LogP contribution in [0.25, 0.3) is 11.3 Å². The molecular formula is C23H29F5N2O. The first-order valence-corrected chi connectivity index (χ1v) is 10.6. The molecule has 0 radical (unpaired) electrons. The third-order valence-electron chi connectivity index (χ3n) is 5.22. The molecule has 1 aliphatic carbocycles. The summed E-state index contributed by atoms with van der Waals surface area (Å²) in [5.41, 5.74) is 2.42. The molecule has 31 heavy (non-hydrogen) atoms. The molecule has 0 bridgehead atoms. The number of Topliss-reactive ketones (excluding diaryl/α,β-unsaturated/α-hetero) is 1. The van der Waals surface area contributed by atoms with Crippen molar-refractivity contribution in [2.24, 2.45) is 5.92 Å². The van der Waals surface area contributed by atoms with Crippen LogP contribution in [-0.4, -0.2) is 21.5 Å². The van der Waals surface area contributed by atoms with E-state index in [0.717, 1.165) is 17.0 Å². The van der Waals surface area contributed by atoms with Gasteiger partial charge in [0, 0.05) is 36.9 Å². The van der Waals surface area contributed by atoms with Crippen molar-refractivity contribution < 1.29 is 26.7 Å². The van der Waals surface area contributed by atoms with Crippen molar-refractivity contribution in [3.8, 4) is 11.3 Å². The molecule has 0 aliphatic heterocycles. The standard InChI is InChI=1S/C18H20F2N2O.C5H9F3/c1-4-22-16(11(2)21-17(22)12(3)23)13-5-7-14(8-6-13)18(19,20)15-9-10-15;1-2-3-4-5(6,7)8/h5-8,15H,4,9-10H2,1-3H3;2-4H2,1H3. The van der Waals surface area contributed by atoms with Crippen LogP contribution in [0.3, 0.4) is 0 Å². The topological polar surface area (TPSA) is 34.9 Å². The zero-order chi connectivity index (χ0) is 23.4. The van der Waals surface area contributed by atoms with E-state index >= 15 is 0 Å². The van der Waals surface area contributed by atoms with E-state index in [1.807, 2.05) is 18.4 Å². The Morgan fingerprint density at radius 1 is 1.10 bits per heavy atom. The van der Waals surface area contributed by atoms with Crippen molar-refractivity contribution in [3.63, 3.8) is 0 Å². The number of hydrogen-bond donors (Lipinski definition) is 0. The van der Waals surface area contributed by atoms with Crippen molar-refractivity contribution in [1.29, 1.82) is 0 Å². The van der Waals surface area contributed by atoms with Gasteiger partial charge in [0.1, 0.15) is 0 Å². The summed E-state index contributed by atoms with van der Waals surface area (Å²) in [5, 5.41) is 0. The highest BCUT2D eigenvalue weighted by Crippen LogP contribution is 2.49. The van der Waals surface area contributed by atoms with Crippen LogP contribution >= 0.6 is 0 Å². The first-order valence-electron chi connectivity index (χ1n) is 10.6. The Morgan fingerprint density at radius 3 is 2.06 bits per heavy atom. The van der Waals surface area contributed by atoms with Gasteiger partial charge in [0.2, 0.25) is 0 Å². The number of rotatable bonds is 7. The van der Waals surface area contributed by atoms with Crippen LogP contribution in [0.1, 0.15) is 74.8 Å². The van der Waals surface area contributed by atoms with Gasteiger partial charge in [0.15, 0.2) is 11.6 Å². The molecule has 0 unspecified atom stereocenters. The SMILES string of the molecule is CCCCC(F)(F)F.CCn1c(C(C)=O)nc(C)c1-c1ccc(C(F)(F)C2CC2)cc1. The molecule has 2 aromatic rings. The highest BCUT2D eigenvalue weighted by molar-refractivity contribution is 5.92. The van der Waals surface area contributed by atoms with E-state index in [4.69, 9.17) is 0 Å². The highest BCUT2D eigenvalue weighted by Gasteiger charge is 2.47. The van der Waals surface area contributed by atoms with Crippen molar-refractivity contribution in [2.75, 3.05) is 0 Å². The van der Waals surface area contributed by atoms with Crippen LogP contribution in [0.2, 0.25) is 0 Å². The number of benzene rings is 1. The number of hydrogen-bond acceptors (Lipinski definition) is 2. The number of carbonyl (C=O) groups excluding carboxylic acids is 1. The van der Waals surface area contributed by atoms with Crippen LogP contribution < -0.4 is 0 Å². The van der Waals surface area contributed by atoms with Crippen LogP contribution in [0.15, 0.2) is 24.3 Å². The zero-order valence-electron chi connectivity index (χ0n) is 18.3. The first-order chi connectivity index (χ1) is 14.4. The number of unbranched alkanes of at least 4 members (excludes halogenated alkanes) is 1. The van der Waals surface area contributed by atoms with Crippen LogP contribution in [0.4, 0.5) is 22.0 Å². The monoisotopic (exact) mass is 444 g/mol. The quantitative estimate of drug-likeness (QED) is 0.331. The Balaban J connectivity index is 0.000000366. The maximum atomic E-state index is 14.1. The summed E-state index contributed by atoms with van der Waals surface area (Å²) < 4.78 is 63.9. The van der Waals surface area contributed by atoms with Gasteiger partial charge < -0.3 is 4.57 Å². The van der Waals surface area contributed by atoms with Crippen molar-refractivity contribution >= 4 is 5.78 Å². The van der Waals surface area contributed by atoms with Crippen molar-refractivity contribution in [3.05, 3.63) is 41.3 Å². The fourth-order valence-corrected chi connectivity index (χ4v) is 3.42. The van der Waals surface area contributed by atoms with Gasteiger partial charge in [-0.1, -0.05) is 37.6 Å². The minimum absolute atomic E-state index is 0.0655. The van der Waals surface area contributed by atoms with Gasteiger partial charge in [0.05, 0.1) is 11.4 Å². The molecule has 0 atom stereocenters. The van der Waals surface area contributed by atoms with Gasteiger partial charge >= 0.3 is 6.18 Å². The van der Waals surface area contributed by atoms with E-state index in [0.29, 0.717) is 31.6 Å². The zero-order valence-corrected chi connectivity index (χ0v) is 18.3. The summed E-state index contributed by atoms with van der Waals surface area (Å²) in [7, 11) is 0. The van der Waals surface area contributed by atoms with Gasteiger partial charge in [0.25, 0.3) is 5.92 Å². The lowest BCUT2D eigenvalue weighted by molar-refractivity contribution is -0.135. The lowest BCUT2D eigenvalue weighted by atomic mass is 10.0. The van der Waals surface area contributed by atoms with E-state index < -0.39 is 24.4 Å². The van der Waals surface area contributed by atoms with Gasteiger partial charge in [-0.3, -0.25) is 4.79 Å². The number of ketones is 1. The number of aromatic nitrogens is 2. The Kier molecular flexibility index (Phi) is 8.00.